The lowest BCUT2D eigenvalue weighted by molar-refractivity contribution is 0.645. The second-order valence-electron chi connectivity index (χ2n) is 11.7. The zero-order valence-corrected chi connectivity index (χ0v) is 24.5. The summed E-state index contributed by atoms with van der Waals surface area (Å²) in [4.78, 5) is 4.82. The molecule has 0 bridgehead atoms. The average molecular weight is 535 g/mol. The predicted octanol–water partition coefficient (Wildman–Crippen LogP) is 10.5. The maximum absolute atomic E-state index is 4.82. The number of benzene rings is 4. The molecule has 5 aromatic rings. The summed E-state index contributed by atoms with van der Waals surface area (Å²) < 4.78 is 2.34. The average Bonchev–Trinajstić information content (AvgIpc) is 3.51. The zero-order chi connectivity index (χ0) is 28.3. The number of hydrogen-bond acceptors (Lipinski definition) is 1. The van der Waals surface area contributed by atoms with E-state index in [0.717, 1.165) is 17.8 Å². The van der Waals surface area contributed by atoms with Gasteiger partial charge in [-0.15, -0.1) is 0 Å². The SMILES string of the molecule is CC(C)C1=CC(c2cc(-c3ccccc3)cc(-c3ccccc3)c2)CC(C(C)C)=C1n1ccnc1-c1ccccc1. The highest BCUT2D eigenvalue weighted by Crippen LogP contribution is 2.45. The molecule has 0 amide bonds. The van der Waals surface area contributed by atoms with Crippen LogP contribution in [-0.4, -0.2) is 9.55 Å². The third kappa shape index (κ3) is 5.47. The van der Waals surface area contributed by atoms with Crippen molar-refractivity contribution in [3.05, 3.63) is 144 Å². The van der Waals surface area contributed by atoms with Crippen LogP contribution < -0.4 is 0 Å². The largest absolute Gasteiger partial charge is 0.300 e. The van der Waals surface area contributed by atoms with Crippen molar-refractivity contribution >= 4 is 5.70 Å². The molecule has 1 atom stereocenters. The van der Waals surface area contributed by atoms with Crippen molar-refractivity contribution in [2.75, 3.05) is 0 Å². The van der Waals surface area contributed by atoms with E-state index >= 15 is 0 Å². The Morgan fingerprint density at radius 2 is 1.17 bits per heavy atom. The Morgan fingerprint density at radius 3 is 1.68 bits per heavy atom. The predicted molar refractivity (Wildman–Crippen MR) is 173 cm³/mol. The molecular formula is C39H38N2. The first kappa shape index (κ1) is 26.8. The molecule has 204 valence electrons. The van der Waals surface area contributed by atoms with Gasteiger partial charge in [-0.1, -0.05) is 137 Å². The highest BCUT2D eigenvalue weighted by atomic mass is 15.1. The van der Waals surface area contributed by atoms with Crippen LogP contribution in [0.1, 0.15) is 45.6 Å². The smallest absolute Gasteiger partial charge is 0.144 e. The lowest BCUT2D eigenvalue weighted by atomic mass is 9.76. The zero-order valence-electron chi connectivity index (χ0n) is 24.5. The fourth-order valence-electron chi connectivity index (χ4n) is 6.10. The van der Waals surface area contributed by atoms with Gasteiger partial charge in [-0.3, -0.25) is 4.57 Å². The van der Waals surface area contributed by atoms with Gasteiger partial charge in [0, 0.05) is 29.6 Å². The first-order chi connectivity index (χ1) is 20.0. The van der Waals surface area contributed by atoms with Gasteiger partial charge in [0.05, 0.1) is 0 Å². The molecule has 4 aromatic carbocycles. The fourth-order valence-corrected chi connectivity index (χ4v) is 6.10. The molecule has 0 saturated heterocycles. The van der Waals surface area contributed by atoms with E-state index in [-0.39, 0.29) is 0 Å². The Kier molecular flexibility index (Phi) is 7.57. The summed E-state index contributed by atoms with van der Waals surface area (Å²) in [6, 6.07) is 39.3. The minimum Gasteiger partial charge on any atom is -0.300 e. The lowest BCUT2D eigenvalue weighted by Crippen LogP contribution is -2.18. The first-order valence-electron chi connectivity index (χ1n) is 14.8. The van der Waals surface area contributed by atoms with Crippen LogP contribution in [0, 0.1) is 11.8 Å². The van der Waals surface area contributed by atoms with E-state index in [4.69, 9.17) is 4.98 Å². The van der Waals surface area contributed by atoms with Crippen molar-refractivity contribution < 1.29 is 0 Å². The molecule has 0 aliphatic heterocycles. The topological polar surface area (TPSA) is 17.8 Å². The van der Waals surface area contributed by atoms with E-state index in [1.165, 1.54) is 44.7 Å². The summed E-state index contributed by atoms with van der Waals surface area (Å²) in [6.45, 7) is 9.32. The van der Waals surface area contributed by atoms with Crippen LogP contribution in [0.2, 0.25) is 0 Å². The highest BCUT2D eigenvalue weighted by molar-refractivity contribution is 5.78. The van der Waals surface area contributed by atoms with Crippen molar-refractivity contribution in [2.45, 2.75) is 40.0 Å². The molecule has 1 unspecified atom stereocenters. The van der Waals surface area contributed by atoms with Crippen LogP contribution in [0.15, 0.2) is 139 Å². The Hall–Kier alpha value is -4.43. The standard InChI is InChI=1S/C39H38N2/c1-27(2)36-25-35(26-37(28(3)4)38(36)41-21-20-40-39(41)31-18-12-7-13-19-31)34-23-32(29-14-8-5-9-15-29)22-33(24-34)30-16-10-6-11-17-30/h5-25,27-28,35H,26H2,1-4H3. The molecule has 0 fully saturated rings. The molecule has 1 aromatic heterocycles. The molecule has 2 heteroatoms. The second-order valence-corrected chi connectivity index (χ2v) is 11.7. The number of aromatic nitrogens is 2. The van der Waals surface area contributed by atoms with E-state index in [1.807, 2.05) is 6.20 Å². The van der Waals surface area contributed by atoms with Crippen LogP contribution in [0.4, 0.5) is 0 Å². The molecule has 1 aliphatic rings. The lowest BCUT2D eigenvalue weighted by Gasteiger charge is -2.32. The molecule has 0 saturated carbocycles. The maximum Gasteiger partial charge on any atom is 0.144 e. The molecule has 0 N–H and O–H groups in total. The van der Waals surface area contributed by atoms with E-state index in [9.17, 15) is 0 Å². The highest BCUT2D eigenvalue weighted by Gasteiger charge is 2.29. The minimum atomic E-state index is 0.295. The van der Waals surface area contributed by atoms with Gasteiger partial charge in [0.15, 0.2) is 0 Å². The Bertz CT molecular complexity index is 1630. The summed E-state index contributed by atoms with van der Waals surface area (Å²) >= 11 is 0. The van der Waals surface area contributed by atoms with Gasteiger partial charge < -0.3 is 0 Å². The quantitative estimate of drug-likeness (QED) is 0.203. The van der Waals surface area contributed by atoms with Crippen molar-refractivity contribution in [2.24, 2.45) is 11.8 Å². The van der Waals surface area contributed by atoms with Gasteiger partial charge in [0.1, 0.15) is 5.82 Å². The van der Waals surface area contributed by atoms with Gasteiger partial charge in [0.2, 0.25) is 0 Å². The summed E-state index contributed by atoms with van der Waals surface area (Å²) in [7, 11) is 0. The summed E-state index contributed by atoms with van der Waals surface area (Å²) in [6.07, 6.45) is 7.61. The fraction of sp³-hybridized carbons (Fsp3) is 0.205. The summed E-state index contributed by atoms with van der Waals surface area (Å²) in [5.74, 6) is 2.08. The van der Waals surface area contributed by atoms with E-state index in [0.29, 0.717) is 17.8 Å². The monoisotopic (exact) mass is 534 g/mol. The third-order valence-corrected chi connectivity index (χ3v) is 8.23. The second kappa shape index (κ2) is 11.6. The number of hydrogen-bond donors (Lipinski definition) is 0. The Balaban J connectivity index is 1.50. The van der Waals surface area contributed by atoms with Crippen molar-refractivity contribution in [3.8, 4) is 33.6 Å². The number of allylic oxidation sites excluding steroid dienone is 4. The van der Waals surface area contributed by atoms with Crippen LogP contribution in [-0.2, 0) is 0 Å². The number of imidazole rings is 1. The first-order valence-corrected chi connectivity index (χ1v) is 14.8. The maximum atomic E-state index is 4.82. The van der Waals surface area contributed by atoms with Crippen LogP contribution in [0.5, 0.6) is 0 Å². The van der Waals surface area contributed by atoms with Crippen LogP contribution in [0.3, 0.4) is 0 Å². The van der Waals surface area contributed by atoms with Crippen molar-refractivity contribution in [1.29, 1.82) is 0 Å². The molecule has 1 aliphatic carbocycles. The number of rotatable bonds is 7. The van der Waals surface area contributed by atoms with Crippen LogP contribution in [0.25, 0.3) is 39.3 Å². The molecular weight excluding hydrogens is 496 g/mol. The van der Waals surface area contributed by atoms with E-state index in [1.54, 1.807) is 0 Å². The van der Waals surface area contributed by atoms with E-state index in [2.05, 4.69) is 154 Å². The van der Waals surface area contributed by atoms with Gasteiger partial charge in [0.25, 0.3) is 0 Å². The summed E-state index contributed by atoms with van der Waals surface area (Å²) in [5.41, 5.74) is 11.8. The van der Waals surface area contributed by atoms with Crippen molar-refractivity contribution in [1.82, 2.24) is 9.55 Å². The normalized spacial score (nSPS) is 15.5. The van der Waals surface area contributed by atoms with Gasteiger partial charge in [-0.25, -0.2) is 4.98 Å². The third-order valence-electron chi connectivity index (χ3n) is 8.23. The number of nitrogens with zero attached hydrogens (tertiary/aromatic N) is 2. The molecule has 6 rings (SSSR count). The van der Waals surface area contributed by atoms with Crippen LogP contribution >= 0.6 is 0 Å². The van der Waals surface area contributed by atoms with Gasteiger partial charge in [-0.2, -0.15) is 0 Å². The Labute approximate surface area is 244 Å². The van der Waals surface area contributed by atoms with Gasteiger partial charge >= 0.3 is 0 Å². The summed E-state index contributed by atoms with van der Waals surface area (Å²) in [5, 5.41) is 0. The minimum absolute atomic E-state index is 0.295. The Morgan fingerprint density at radius 1 is 0.634 bits per heavy atom. The van der Waals surface area contributed by atoms with Crippen molar-refractivity contribution in [3.63, 3.8) is 0 Å². The molecule has 0 radical (unpaired) electrons. The van der Waals surface area contributed by atoms with E-state index < -0.39 is 0 Å². The molecule has 0 spiro atoms. The molecule has 41 heavy (non-hydrogen) atoms. The molecule has 1 heterocycles. The van der Waals surface area contributed by atoms with Gasteiger partial charge in [-0.05, 0) is 63.3 Å². The molecule has 2 nitrogen and oxygen atoms in total.